The standard InChI is InChI=1S/C30H29N3O4/c34-28(35)15-7-5-12-25-29(20-9-2-1-3-10-20)32-24-17-16-21(19-26(24)31-25)30(36)33-23-13-8-18-37-27-14-6-4-11-22(23)27/h1-4,6,9-11,14,16-17,19,23H,5,7-8,12-13,15,18H2,(H,33,36)(H,34,35). The highest BCUT2D eigenvalue weighted by molar-refractivity contribution is 5.97. The van der Waals surface area contributed by atoms with Crippen molar-refractivity contribution in [3.05, 3.63) is 89.6 Å². The number of carbonyl (C=O) groups is 2. The lowest BCUT2D eigenvalue weighted by Crippen LogP contribution is -2.28. The van der Waals surface area contributed by atoms with Crippen LogP contribution in [0.3, 0.4) is 0 Å². The van der Waals surface area contributed by atoms with Gasteiger partial charge in [-0.2, -0.15) is 0 Å². The smallest absolute Gasteiger partial charge is 0.303 e. The van der Waals surface area contributed by atoms with Gasteiger partial charge in [0.15, 0.2) is 0 Å². The second-order valence-corrected chi connectivity index (χ2v) is 9.24. The molecule has 1 aromatic heterocycles. The third-order valence-electron chi connectivity index (χ3n) is 6.59. The Morgan fingerprint density at radius 3 is 2.59 bits per heavy atom. The number of nitrogens with zero attached hydrogens (tertiary/aromatic N) is 2. The Kier molecular flexibility index (Phi) is 7.40. The number of aryl methyl sites for hydroxylation is 1. The van der Waals surface area contributed by atoms with Crippen LogP contribution >= 0.6 is 0 Å². The van der Waals surface area contributed by atoms with Gasteiger partial charge < -0.3 is 15.2 Å². The summed E-state index contributed by atoms with van der Waals surface area (Å²) in [6.45, 7) is 0.633. The van der Waals surface area contributed by atoms with Gasteiger partial charge in [-0.1, -0.05) is 48.5 Å². The largest absolute Gasteiger partial charge is 0.493 e. The molecule has 0 spiro atoms. The molecule has 0 aliphatic carbocycles. The number of ether oxygens (including phenoxy) is 1. The van der Waals surface area contributed by atoms with Gasteiger partial charge >= 0.3 is 5.97 Å². The van der Waals surface area contributed by atoms with Crippen molar-refractivity contribution in [3.63, 3.8) is 0 Å². The molecule has 1 aliphatic heterocycles. The molecule has 7 heteroatoms. The molecule has 1 amide bonds. The second kappa shape index (κ2) is 11.2. The number of benzene rings is 3. The maximum absolute atomic E-state index is 13.3. The highest BCUT2D eigenvalue weighted by Crippen LogP contribution is 2.31. The van der Waals surface area contributed by atoms with E-state index in [1.54, 1.807) is 12.1 Å². The number of hydrogen-bond acceptors (Lipinski definition) is 5. The summed E-state index contributed by atoms with van der Waals surface area (Å²) in [5.41, 5.74) is 5.41. The van der Waals surface area contributed by atoms with Crippen LogP contribution < -0.4 is 10.1 Å². The Labute approximate surface area is 215 Å². The van der Waals surface area contributed by atoms with Crippen LogP contribution in [0.25, 0.3) is 22.3 Å². The van der Waals surface area contributed by atoms with E-state index in [2.05, 4.69) is 5.32 Å². The quantitative estimate of drug-likeness (QED) is 0.302. The molecule has 37 heavy (non-hydrogen) atoms. The minimum absolute atomic E-state index is 0.126. The van der Waals surface area contributed by atoms with E-state index >= 15 is 0 Å². The number of rotatable bonds is 8. The van der Waals surface area contributed by atoms with Crippen molar-refractivity contribution < 1.29 is 19.4 Å². The number of hydrogen-bond donors (Lipinski definition) is 2. The number of carboxylic acid groups (broad SMARTS) is 1. The average Bonchev–Trinajstić information content (AvgIpc) is 3.13. The first kappa shape index (κ1) is 24.4. The van der Waals surface area contributed by atoms with Crippen molar-refractivity contribution in [2.75, 3.05) is 6.61 Å². The number of carbonyl (C=O) groups excluding carboxylic acids is 1. The minimum Gasteiger partial charge on any atom is -0.493 e. The number of unbranched alkanes of at least 4 members (excludes halogenated alkanes) is 1. The number of fused-ring (bicyclic) bond motifs is 2. The lowest BCUT2D eigenvalue weighted by atomic mass is 10.0. The molecule has 7 nitrogen and oxygen atoms in total. The van der Waals surface area contributed by atoms with E-state index in [-0.39, 0.29) is 18.4 Å². The fourth-order valence-electron chi connectivity index (χ4n) is 4.72. The molecule has 2 heterocycles. The van der Waals surface area contributed by atoms with E-state index in [1.807, 2.05) is 60.7 Å². The molecule has 4 aromatic rings. The second-order valence-electron chi connectivity index (χ2n) is 9.24. The van der Waals surface area contributed by atoms with Gasteiger partial charge in [0, 0.05) is 23.1 Å². The molecule has 0 radical (unpaired) electrons. The van der Waals surface area contributed by atoms with Gasteiger partial charge in [0.1, 0.15) is 5.75 Å². The zero-order valence-electron chi connectivity index (χ0n) is 20.5. The Bertz CT molecular complexity index is 1420. The molecule has 3 aromatic carbocycles. The summed E-state index contributed by atoms with van der Waals surface area (Å²) in [6, 6.07) is 23.0. The molecule has 0 bridgehead atoms. The first-order chi connectivity index (χ1) is 18.1. The van der Waals surface area contributed by atoms with Crippen LogP contribution in [0, 0.1) is 0 Å². The monoisotopic (exact) mass is 495 g/mol. The third kappa shape index (κ3) is 5.77. The maximum Gasteiger partial charge on any atom is 0.303 e. The predicted octanol–water partition coefficient (Wildman–Crippen LogP) is 5.74. The normalized spacial score (nSPS) is 14.9. The summed E-state index contributed by atoms with van der Waals surface area (Å²) in [5, 5.41) is 12.2. The fourth-order valence-corrected chi connectivity index (χ4v) is 4.72. The summed E-state index contributed by atoms with van der Waals surface area (Å²) < 4.78 is 5.84. The van der Waals surface area contributed by atoms with Crippen molar-refractivity contribution in [2.45, 2.75) is 44.6 Å². The van der Waals surface area contributed by atoms with Crippen molar-refractivity contribution in [1.82, 2.24) is 15.3 Å². The predicted molar refractivity (Wildman–Crippen MR) is 142 cm³/mol. The van der Waals surface area contributed by atoms with Gasteiger partial charge in [-0.05, 0) is 56.4 Å². The molecular formula is C30H29N3O4. The first-order valence-corrected chi connectivity index (χ1v) is 12.7. The van der Waals surface area contributed by atoms with E-state index in [9.17, 15) is 9.59 Å². The Hall–Kier alpha value is -4.26. The van der Waals surface area contributed by atoms with Gasteiger partial charge in [-0.15, -0.1) is 0 Å². The highest BCUT2D eigenvalue weighted by Gasteiger charge is 2.22. The summed E-state index contributed by atoms with van der Waals surface area (Å²) in [7, 11) is 0. The summed E-state index contributed by atoms with van der Waals surface area (Å²) >= 11 is 0. The first-order valence-electron chi connectivity index (χ1n) is 12.7. The lowest BCUT2D eigenvalue weighted by Gasteiger charge is -2.18. The van der Waals surface area contributed by atoms with Crippen molar-refractivity contribution in [2.24, 2.45) is 0 Å². The molecule has 188 valence electrons. The van der Waals surface area contributed by atoms with Gasteiger partial charge in [0.05, 0.1) is 35.1 Å². The number of aromatic nitrogens is 2. The van der Waals surface area contributed by atoms with E-state index in [0.29, 0.717) is 42.5 Å². The zero-order chi connectivity index (χ0) is 25.6. The van der Waals surface area contributed by atoms with Crippen LogP contribution in [0.4, 0.5) is 0 Å². The van der Waals surface area contributed by atoms with E-state index in [4.69, 9.17) is 19.8 Å². The molecule has 1 aliphatic rings. The summed E-state index contributed by atoms with van der Waals surface area (Å²) in [5.74, 6) is -0.150. The molecule has 0 saturated heterocycles. The molecule has 2 N–H and O–H groups in total. The molecule has 1 atom stereocenters. The Balaban J connectivity index is 1.43. The SMILES string of the molecule is O=C(O)CCCCc1nc2cc(C(=O)NC3CCCOc4ccccc43)ccc2nc1-c1ccccc1. The van der Waals surface area contributed by atoms with Crippen LogP contribution in [0.2, 0.25) is 0 Å². The van der Waals surface area contributed by atoms with Gasteiger partial charge in [0.25, 0.3) is 5.91 Å². The Morgan fingerprint density at radius 2 is 1.76 bits per heavy atom. The number of amides is 1. The van der Waals surface area contributed by atoms with E-state index < -0.39 is 5.97 Å². The van der Waals surface area contributed by atoms with Crippen LogP contribution in [-0.2, 0) is 11.2 Å². The van der Waals surface area contributed by atoms with Crippen LogP contribution in [0.5, 0.6) is 5.75 Å². The van der Waals surface area contributed by atoms with Crippen LogP contribution in [0.1, 0.15) is 59.8 Å². The number of carboxylic acids is 1. The van der Waals surface area contributed by atoms with E-state index in [1.165, 1.54) is 0 Å². The third-order valence-corrected chi connectivity index (χ3v) is 6.59. The average molecular weight is 496 g/mol. The maximum atomic E-state index is 13.3. The zero-order valence-corrected chi connectivity index (χ0v) is 20.5. The number of para-hydroxylation sites is 1. The fraction of sp³-hybridized carbons (Fsp3) is 0.267. The number of nitrogens with one attached hydrogen (secondary N) is 1. The van der Waals surface area contributed by atoms with Crippen molar-refractivity contribution >= 4 is 22.9 Å². The molecule has 5 rings (SSSR count). The minimum atomic E-state index is -0.800. The van der Waals surface area contributed by atoms with Crippen molar-refractivity contribution in [3.8, 4) is 17.0 Å². The van der Waals surface area contributed by atoms with Gasteiger partial charge in [-0.25, -0.2) is 9.97 Å². The van der Waals surface area contributed by atoms with Crippen molar-refractivity contribution in [1.29, 1.82) is 0 Å². The Morgan fingerprint density at radius 1 is 0.946 bits per heavy atom. The highest BCUT2D eigenvalue weighted by atomic mass is 16.5. The van der Waals surface area contributed by atoms with Crippen LogP contribution in [-0.4, -0.2) is 33.6 Å². The van der Waals surface area contributed by atoms with E-state index in [0.717, 1.165) is 41.1 Å². The summed E-state index contributed by atoms with van der Waals surface area (Å²) in [6.07, 6.45) is 3.65. The molecule has 0 saturated carbocycles. The van der Waals surface area contributed by atoms with Crippen LogP contribution in [0.15, 0.2) is 72.8 Å². The number of aliphatic carboxylic acids is 1. The molecular weight excluding hydrogens is 466 g/mol. The lowest BCUT2D eigenvalue weighted by molar-refractivity contribution is -0.137. The molecule has 1 unspecified atom stereocenters. The topological polar surface area (TPSA) is 101 Å². The van der Waals surface area contributed by atoms with Gasteiger partial charge in [-0.3, -0.25) is 9.59 Å². The molecule has 0 fully saturated rings. The summed E-state index contributed by atoms with van der Waals surface area (Å²) in [4.78, 5) is 34.0. The van der Waals surface area contributed by atoms with Gasteiger partial charge in [0.2, 0.25) is 0 Å².